The lowest BCUT2D eigenvalue weighted by Gasteiger charge is -2.34. The first-order valence-corrected chi connectivity index (χ1v) is 23.2. The lowest BCUT2D eigenvalue weighted by atomic mass is 9.67. The van der Waals surface area contributed by atoms with E-state index in [4.69, 9.17) is 4.74 Å². The van der Waals surface area contributed by atoms with Crippen molar-refractivity contribution in [3.63, 3.8) is 0 Å². The van der Waals surface area contributed by atoms with Crippen molar-refractivity contribution in [2.45, 2.75) is 36.7 Å². The van der Waals surface area contributed by atoms with Gasteiger partial charge in [-0.25, -0.2) is 0 Å². The van der Waals surface area contributed by atoms with E-state index in [1.165, 1.54) is 83.5 Å². The highest BCUT2D eigenvalue weighted by molar-refractivity contribution is 5.97. The van der Waals surface area contributed by atoms with Crippen LogP contribution < -0.4 is 9.64 Å². The molecule has 0 saturated carbocycles. The number of hydrogen-bond acceptors (Lipinski definition) is 2. The van der Waals surface area contributed by atoms with Crippen molar-refractivity contribution >= 4 is 22.6 Å². The lowest BCUT2D eigenvalue weighted by Crippen LogP contribution is -2.29. The molecular weight excluding hydrogens is 799 g/mol. The maximum Gasteiger partial charge on any atom is 0.135 e. The van der Waals surface area contributed by atoms with Gasteiger partial charge in [0.05, 0.1) is 5.41 Å². The Labute approximate surface area is 387 Å². The summed E-state index contributed by atoms with van der Waals surface area (Å²) in [4.78, 5) is 2.40. The van der Waals surface area contributed by atoms with Gasteiger partial charge in [0.1, 0.15) is 11.9 Å². The van der Waals surface area contributed by atoms with Crippen LogP contribution in [-0.2, 0) is 10.8 Å². The molecular formula is C64H47NO. The molecule has 9 aromatic rings. The molecule has 0 bridgehead atoms. The number of fused-ring (bicyclic) bond motifs is 9. The number of rotatable bonds is 7. The molecule has 2 unspecified atom stereocenters. The van der Waals surface area contributed by atoms with Gasteiger partial charge in [0.15, 0.2) is 0 Å². The number of anilines is 3. The summed E-state index contributed by atoms with van der Waals surface area (Å²) in [6.45, 7) is 4.71. The Morgan fingerprint density at radius 3 is 1.80 bits per heavy atom. The number of nitrogens with zero attached hydrogens (tertiary/aromatic N) is 1. The van der Waals surface area contributed by atoms with Gasteiger partial charge in [-0.1, -0.05) is 202 Å². The van der Waals surface area contributed by atoms with Crippen molar-refractivity contribution < 1.29 is 4.74 Å². The van der Waals surface area contributed by atoms with Crippen LogP contribution in [0, 0.1) is 0 Å². The zero-order valence-electron chi connectivity index (χ0n) is 37.0. The van der Waals surface area contributed by atoms with Crippen LogP contribution in [-0.4, -0.2) is 6.10 Å². The minimum atomic E-state index is -0.561. The Bertz CT molecular complexity index is 3380. The first-order chi connectivity index (χ1) is 32.5. The summed E-state index contributed by atoms with van der Waals surface area (Å²) >= 11 is 0. The van der Waals surface area contributed by atoms with Crippen molar-refractivity contribution in [1.29, 1.82) is 0 Å². The molecule has 2 nitrogen and oxygen atoms in total. The second-order valence-electron chi connectivity index (χ2n) is 18.7. The predicted octanol–water partition coefficient (Wildman–Crippen LogP) is 16.0. The van der Waals surface area contributed by atoms with E-state index in [1.54, 1.807) is 0 Å². The van der Waals surface area contributed by atoms with Crippen molar-refractivity contribution in [3.05, 3.63) is 281 Å². The zero-order chi connectivity index (χ0) is 44.0. The molecule has 0 fully saturated rings. The number of allylic oxidation sites excluding steroid dienone is 2. The van der Waals surface area contributed by atoms with Gasteiger partial charge >= 0.3 is 0 Å². The number of para-hydroxylation sites is 2. The Kier molecular flexibility index (Phi) is 8.64. The molecule has 1 aliphatic heterocycles. The van der Waals surface area contributed by atoms with Crippen molar-refractivity contribution in [2.75, 3.05) is 4.90 Å². The molecule has 0 spiro atoms. The maximum absolute atomic E-state index is 6.76. The Morgan fingerprint density at radius 1 is 0.439 bits per heavy atom. The van der Waals surface area contributed by atoms with Gasteiger partial charge in [-0.2, -0.15) is 0 Å². The fraction of sp³-hybridized carbons (Fsp3) is 0.0938. The van der Waals surface area contributed by atoms with E-state index in [2.05, 4.69) is 255 Å². The third kappa shape index (κ3) is 5.61. The summed E-state index contributed by atoms with van der Waals surface area (Å²) in [7, 11) is 0. The molecule has 2 heteroatoms. The highest BCUT2D eigenvalue weighted by Gasteiger charge is 2.48. The lowest BCUT2D eigenvalue weighted by molar-refractivity contribution is 0.278. The smallest absolute Gasteiger partial charge is 0.135 e. The van der Waals surface area contributed by atoms with Gasteiger partial charge in [0.2, 0.25) is 0 Å². The van der Waals surface area contributed by atoms with Gasteiger partial charge in [0, 0.05) is 39.5 Å². The summed E-state index contributed by atoms with van der Waals surface area (Å²) in [5.74, 6) is 1.16. The molecule has 2 atom stereocenters. The van der Waals surface area contributed by atoms with Crippen LogP contribution in [0.15, 0.2) is 237 Å². The van der Waals surface area contributed by atoms with E-state index in [9.17, 15) is 0 Å². The first-order valence-electron chi connectivity index (χ1n) is 23.2. The number of hydrogen-bond donors (Lipinski definition) is 0. The van der Waals surface area contributed by atoms with Gasteiger partial charge < -0.3 is 9.64 Å². The second-order valence-corrected chi connectivity index (χ2v) is 18.7. The van der Waals surface area contributed by atoms with E-state index in [-0.39, 0.29) is 17.4 Å². The van der Waals surface area contributed by atoms with Crippen molar-refractivity contribution in [3.8, 4) is 39.1 Å². The van der Waals surface area contributed by atoms with Crippen LogP contribution in [0.3, 0.4) is 0 Å². The third-order valence-corrected chi connectivity index (χ3v) is 14.9. The van der Waals surface area contributed by atoms with Crippen LogP contribution in [0.25, 0.3) is 39.0 Å². The van der Waals surface area contributed by atoms with E-state index in [0.717, 1.165) is 22.8 Å². The molecule has 0 aromatic heterocycles. The quantitative estimate of drug-likeness (QED) is 0.158. The summed E-state index contributed by atoms with van der Waals surface area (Å²) in [5, 5.41) is 0. The average molecular weight is 846 g/mol. The standard InChI is InChI=1S/C64H47NO/c1-63(2)56-29-14-12-24-51(56)52-39-37-48(41-58(52)63)65(46-22-10-5-11-23-46)47-35-32-42(33-36-47)49-26-17-30-57-61(49)55-38-34-43(50-27-16-28-54-53-25-13-15-31-60(53)66-62(50)54)40-59(55)64(57,44-18-6-3-7-19-44)45-20-8-4-9-21-45/h3-41,54,62H,1-2H3. The van der Waals surface area contributed by atoms with Crippen molar-refractivity contribution in [1.82, 2.24) is 0 Å². The molecule has 4 aliphatic rings. The van der Waals surface area contributed by atoms with Crippen LogP contribution in [0.5, 0.6) is 5.75 Å². The Morgan fingerprint density at radius 2 is 1.03 bits per heavy atom. The van der Waals surface area contributed by atoms with Gasteiger partial charge in [-0.3, -0.25) is 0 Å². The normalized spacial score (nSPS) is 17.3. The number of ether oxygens (including phenoxy) is 1. The predicted molar refractivity (Wildman–Crippen MR) is 272 cm³/mol. The minimum Gasteiger partial charge on any atom is -0.484 e. The molecule has 0 radical (unpaired) electrons. The summed E-state index contributed by atoms with van der Waals surface area (Å²) in [6.07, 6.45) is 6.69. The Balaban J connectivity index is 0.962. The molecule has 3 aliphatic carbocycles. The highest BCUT2D eigenvalue weighted by Crippen LogP contribution is 2.59. The van der Waals surface area contributed by atoms with Crippen molar-refractivity contribution in [2.24, 2.45) is 0 Å². The molecule has 9 aromatic carbocycles. The van der Waals surface area contributed by atoms with Crippen LogP contribution >= 0.6 is 0 Å². The van der Waals surface area contributed by atoms with E-state index < -0.39 is 5.41 Å². The zero-order valence-corrected chi connectivity index (χ0v) is 37.0. The molecule has 13 rings (SSSR count). The average Bonchev–Trinajstić information content (AvgIpc) is 3.99. The topological polar surface area (TPSA) is 12.5 Å². The van der Waals surface area contributed by atoms with Gasteiger partial charge in [-0.15, -0.1) is 0 Å². The SMILES string of the molecule is CC1(C)c2ccccc2-c2ccc(N(c3ccccc3)c3ccc(-c4cccc5c4-c4ccc(C6=CC=CC7c8ccccc8OC67)cc4C5(c4ccccc4)c4ccccc4)cc3)cc21. The monoisotopic (exact) mass is 845 g/mol. The maximum atomic E-state index is 6.76. The summed E-state index contributed by atoms with van der Waals surface area (Å²) < 4.78 is 6.76. The van der Waals surface area contributed by atoms with Crippen LogP contribution in [0.1, 0.15) is 64.3 Å². The van der Waals surface area contributed by atoms with Gasteiger partial charge in [0.25, 0.3) is 0 Å². The van der Waals surface area contributed by atoms with Crippen LogP contribution in [0.2, 0.25) is 0 Å². The minimum absolute atomic E-state index is 0.0822. The number of benzene rings is 9. The summed E-state index contributed by atoms with van der Waals surface area (Å²) in [6, 6.07) is 80.8. The highest BCUT2D eigenvalue weighted by atomic mass is 16.5. The molecule has 0 N–H and O–H groups in total. The van der Waals surface area contributed by atoms with E-state index >= 15 is 0 Å². The molecule has 1 heterocycles. The third-order valence-electron chi connectivity index (χ3n) is 14.9. The molecule has 0 saturated heterocycles. The summed E-state index contributed by atoms with van der Waals surface area (Å²) in [5.41, 5.74) is 21.8. The van der Waals surface area contributed by atoms with E-state index in [0.29, 0.717) is 0 Å². The first kappa shape index (κ1) is 38.5. The van der Waals surface area contributed by atoms with Crippen LogP contribution in [0.4, 0.5) is 17.1 Å². The van der Waals surface area contributed by atoms with Gasteiger partial charge in [-0.05, 0) is 121 Å². The fourth-order valence-corrected chi connectivity index (χ4v) is 11.9. The fourth-order valence-electron chi connectivity index (χ4n) is 11.9. The molecule has 314 valence electrons. The van der Waals surface area contributed by atoms with E-state index in [1.807, 2.05) is 0 Å². The second kappa shape index (κ2) is 14.8. The molecule has 0 amide bonds. The largest absolute Gasteiger partial charge is 0.484 e. The Hall–Kier alpha value is -7.94. The molecule has 66 heavy (non-hydrogen) atoms.